The highest BCUT2D eigenvalue weighted by Crippen LogP contribution is 2.10. The fourth-order valence-electron chi connectivity index (χ4n) is 1.33. The minimum atomic E-state index is -0.421. The van der Waals surface area contributed by atoms with Gasteiger partial charge in [-0.1, -0.05) is 12.1 Å². The summed E-state index contributed by atoms with van der Waals surface area (Å²) in [5, 5.41) is 8.72. The van der Waals surface area contributed by atoms with Crippen molar-refractivity contribution in [3.63, 3.8) is 0 Å². The van der Waals surface area contributed by atoms with E-state index in [0.29, 0.717) is 5.58 Å². The van der Waals surface area contributed by atoms with Crippen LogP contribution >= 0.6 is 0 Å². The topological polar surface area (TPSA) is 55.4 Å². The van der Waals surface area contributed by atoms with Crippen molar-refractivity contribution in [2.24, 2.45) is 0 Å². The first-order valence-electron chi connectivity index (χ1n) is 4.02. The average Bonchev–Trinajstić information content (AvgIpc) is 2.44. The highest BCUT2D eigenvalue weighted by Gasteiger charge is 2.06. The number of rotatable bonds is 2. The average molecular weight is 179 g/mol. The monoisotopic (exact) mass is 179 g/mol. The van der Waals surface area contributed by atoms with Gasteiger partial charge in [0.25, 0.3) is 0 Å². The second kappa shape index (κ2) is 3.06. The third-order valence-corrected chi connectivity index (χ3v) is 1.90. The summed E-state index contributed by atoms with van der Waals surface area (Å²) in [6, 6.07) is 7.14. The van der Waals surface area contributed by atoms with Crippen LogP contribution in [0.3, 0.4) is 0 Å². The summed E-state index contributed by atoms with van der Waals surface area (Å²) in [4.78, 5) is 11.2. The zero-order valence-corrected chi connectivity index (χ0v) is 6.93. The van der Waals surface area contributed by atoms with Gasteiger partial charge in [-0.15, -0.1) is 0 Å². The van der Waals surface area contributed by atoms with Gasteiger partial charge >= 0.3 is 5.76 Å². The molecule has 0 saturated heterocycles. The van der Waals surface area contributed by atoms with Gasteiger partial charge in [0.15, 0.2) is 5.58 Å². The number of aromatic nitrogens is 1. The number of aliphatic hydroxyl groups excluding tert-OH is 1. The Labute approximate surface area is 74.0 Å². The third-order valence-electron chi connectivity index (χ3n) is 1.90. The fraction of sp³-hybridized carbons (Fsp3) is 0.222. The van der Waals surface area contributed by atoms with E-state index < -0.39 is 5.76 Å². The number of hydrogen-bond donors (Lipinski definition) is 1. The molecule has 0 spiro atoms. The van der Waals surface area contributed by atoms with E-state index in [9.17, 15) is 4.79 Å². The molecule has 0 amide bonds. The summed E-state index contributed by atoms with van der Waals surface area (Å²) in [5.41, 5.74) is 1.28. The van der Waals surface area contributed by atoms with Crippen LogP contribution in [0.25, 0.3) is 11.1 Å². The third kappa shape index (κ3) is 1.25. The van der Waals surface area contributed by atoms with E-state index in [1.54, 1.807) is 18.2 Å². The smallest absolute Gasteiger partial charge is 0.408 e. The zero-order chi connectivity index (χ0) is 9.26. The lowest BCUT2D eigenvalue weighted by atomic mass is 10.3. The van der Waals surface area contributed by atoms with Crippen LogP contribution in [0.15, 0.2) is 33.5 Å². The molecule has 0 fully saturated rings. The van der Waals surface area contributed by atoms with Crippen LogP contribution in [0.4, 0.5) is 0 Å². The van der Waals surface area contributed by atoms with Crippen molar-refractivity contribution < 1.29 is 9.52 Å². The molecule has 2 rings (SSSR count). The molecule has 0 aliphatic rings. The summed E-state index contributed by atoms with van der Waals surface area (Å²) in [6.07, 6.45) is 0. The maximum absolute atomic E-state index is 11.2. The molecular weight excluding hydrogens is 170 g/mol. The van der Waals surface area contributed by atoms with Gasteiger partial charge in [0, 0.05) is 0 Å². The number of benzene rings is 1. The first-order chi connectivity index (χ1) is 6.33. The van der Waals surface area contributed by atoms with Crippen LogP contribution in [0, 0.1) is 0 Å². The number of para-hydroxylation sites is 2. The maximum Gasteiger partial charge on any atom is 0.420 e. The molecule has 0 unspecified atom stereocenters. The SMILES string of the molecule is O=c1oc2ccccc2n1CCO. The largest absolute Gasteiger partial charge is 0.420 e. The molecule has 0 atom stereocenters. The summed E-state index contributed by atoms with van der Waals surface area (Å²) >= 11 is 0. The first-order valence-corrected chi connectivity index (χ1v) is 4.02. The molecule has 2 aromatic rings. The standard InChI is InChI=1S/C9H9NO3/c11-6-5-10-7-3-1-2-4-8(7)13-9(10)12/h1-4,11H,5-6H2. The predicted molar refractivity (Wildman–Crippen MR) is 47.6 cm³/mol. The van der Waals surface area contributed by atoms with E-state index in [-0.39, 0.29) is 13.2 Å². The van der Waals surface area contributed by atoms with Gasteiger partial charge in [-0.05, 0) is 12.1 Å². The number of fused-ring (bicyclic) bond motifs is 1. The Bertz CT molecular complexity index is 469. The maximum atomic E-state index is 11.2. The highest BCUT2D eigenvalue weighted by molar-refractivity contribution is 5.72. The Morgan fingerprint density at radius 2 is 2.15 bits per heavy atom. The normalized spacial score (nSPS) is 10.8. The molecule has 0 aliphatic heterocycles. The Morgan fingerprint density at radius 1 is 1.38 bits per heavy atom. The lowest BCUT2D eigenvalue weighted by Crippen LogP contribution is -2.15. The van der Waals surface area contributed by atoms with Crippen LogP contribution in [0.1, 0.15) is 0 Å². The summed E-state index contributed by atoms with van der Waals surface area (Å²) in [7, 11) is 0. The van der Waals surface area contributed by atoms with Crippen molar-refractivity contribution >= 4 is 11.1 Å². The van der Waals surface area contributed by atoms with Gasteiger partial charge in [-0.25, -0.2) is 4.79 Å². The minimum Gasteiger partial charge on any atom is -0.408 e. The Morgan fingerprint density at radius 3 is 2.92 bits per heavy atom. The van der Waals surface area contributed by atoms with Crippen LogP contribution in [0.5, 0.6) is 0 Å². The van der Waals surface area contributed by atoms with Crippen molar-refractivity contribution in [1.82, 2.24) is 4.57 Å². The first kappa shape index (κ1) is 8.07. The molecule has 1 aromatic carbocycles. The summed E-state index contributed by atoms with van der Waals surface area (Å²) < 4.78 is 6.36. The fourth-order valence-corrected chi connectivity index (χ4v) is 1.33. The zero-order valence-electron chi connectivity index (χ0n) is 6.93. The van der Waals surface area contributed by atoms with E-state index >= 15 is 0 Å². The van der Waals surface area contributed by atoms with E-state index in [1.165, 1.54) is 4.57 Å². The second-order valence-corrected chi connectivity index (χ2v) is 2.71. The minimum absolute atomic E-state index is 0.0660. The summed E-state index contributed by atoms with van der Waals surface area (Å²) in [5.74, 6) is -0.421. The van der Waals surface area contributed by atoms with E-state index in [1.807, 2.05) is 6.07 Å². The summed E-state index contributed by atoms with van der Waals surface area (Å²) in [6.45, 7) is 0.208. The van der Waals surface area contributed by atoms with Crippen LogP contribution < -0.4 is 5.76 Å². The molecule has 4 heteroatoms. The lowest BCUT2D eigenvalue weighted by Gasteiger charge is -1.96. The van der Waals surface area contributed by atoms with Gasteiger partial charge in [0.2, 0.25) is 0 Å². The quantitative estimate of drug-likeness (QED) is 0.733. The molecule has 0 radical (unpaired) electrons. The lowest BCUT2D eigenvalue weighted by molar-refractivity contribution is 0.272. The van der Waals surface area contributed by atoms with Gasteiger partial charge in [0.05, 0.1) is 18.7 Å². The van der Waals surface area contributed by atoms with Crippen molar-refractivity contribution in [1.29, 1.82) is 0 Å². The second-order valence-electron chi connectivity index (χ2n) is 2.71. The van der Waals surface area contributed by atoms with Crippen molar-refractivity contribution in [3.05, 3.63) is 34.8 Å². The molecule has 0 aliphatic carbocycles. The van der Waals surface area contributed by atoms with Gasteiger partial charge < -0.3 is 9.52 Å². The number of oxazole rings is 1. The molecule has 1 heterocycles. The van der Waals surface area contributed by atoms with Gasteiger partial charge in [-0.3, -0.25) is 4.57 Å². The Hall–Kier alpha value is -1.55. The Balaban J connectivity index is 2.71. The molecule has 0 saturated carbocycles. The molecule has 1 N–H and O–H groups in total. The van der Waals surface area contributed by atoms with Gasteiger partial charge in [-0.2, -0.15) is 0 Å². The van der Waals surface area contributed by atoms with E-state index in [0.717, 1.165) is 5.52 Å². The highest BCUT2D eigenvalue weighted by atomic mass is 16.4. The molecule has 13 heavy (non-hydrogen) atoms. The van der Waals surface area contributed by atoms with Crippen LogP contribution in [-0.2, 0) is 6.54 Å². The molecular formula is C9H9NO3. The molecule has 0 bridgehead atoms. The van der Waals surface area contributed by atoms with E-state index in [2.05, 4.69) is 0 Å². The molecule has 68 valence electrons. The molecule has 1 aromatic heterocycles. The number of aliphatic hydroxyl groups is 1. The van der Waals surface area contributed by atoms with Crippen molar-refractivity contribution in [2.75, 3.05) is 6.61 Å². The van der Waals surface area contributed by atoms with Crippen LogP contribution in [-0.4, -0.2) is 16.3 Å². The van der Waals surface area contributed by atoms with Crippen molar-refractivity contribution in [3.8, 4) is 0 Å². The van der Waals surface area contributed by atoms with Crippen molar-refractivity contribution in [2.45, 2.75) is 6.54 Å². The Kier molecular flexibility index (Phi) is 1.90. The molecule has 4 nitrogen and oxygen atoms in total. The predicted octanol–water partition coefficient (Wildman–Crippen LogP) is 0.587. The van der Waals surface area contributed by atoms with Gasteiger partial charge in [0.1, 0.15) is 0 Å². The van der Waals surface area contributed by atoms with E-state index in [4.69, 9.17) is 9.52 Å². The number of nitrogens with zero attached hydrogens (tertiary/aromatic N) is 1. The van der Waals surface area contributed by atoms with Crippen LogP contribution in [0.2, 0.25) is 0 Å². The number of hydrogen-bond acceptors (Lipinski definition) is 3.